The number of hydrogen-bond acceptors (Lipinski definition) is 4. The van der Waals surface area contributed by atoms with Gasteiger partial charge in [-0.3, -0.25) is 0 Å². The molecule has 0 unspecified atom stereocenters. The zero-order valence-electron chi connectivity index (χ0n) is 17.0. The van der Waals surface area contributed by atoms with Gasteiger partial charge < -0.3 is 59.5 Å². The smallest absolute Gasteiger partial charge is 0.411 e. The van der Waals surface area contributed by atoms with Crippen LogP contribution in [0.3, 0.4) is 0 Å². The van der Waals surface area contributed by atoms with Crippen molar-refractivity contribution in [3.8, 4) is 0 Å². The fourth-order valence-corrected chi connectivity index (χ4v) is 2.81. The van der Waals surface area contributed by atoms with Gasteiger partial charge in [-0.25, -0.2) is 0 Å². The van der Waals surface area contributed by atoms with Gasteiger partial charge in [-0.05, 0) is 23.7 Å². The summed E-state index contributed by atoms with van der Waals surface area (Å²) in [6.45, 7) is 21.4. The van der Waals surface area contributed by atoms with Crippen LogP contribution < -0.4 is 0 Å². The summed E-state index contributed by atoms with van der Waals surface area (Å²) in [5, 5.41) is 0. The van der Waals surface area contributed by atoms with Crippen LogP contribution in [0.15, 0.2) is 0 Å². The fraction of sp³-hybridized carbons (Fsp3) is 0.889. The van der Waals surface area contributed by atoms with E-state index in [1.54, 1.807) is 0 Å². The summed E-state index contributed by atoms with van der Waals surface area (Å²) in [5.41, 5.74) is 0. The first-order valence-corrected chi connectivity index (χ1v) is 10.4. The summed E-state index contributed by atoms with van der Waals surface area (Å²) in [6.07, 6.45) is 0. The van der Waals surface area contributed by atoms with Gasteiger partial charge in [0, 0.05) is 26.2 Å². The summed E-state index contributed by atoms with van der Waals surface area (Å²) in [4.78, 5) is 4.22. The molecule has 0 saturated heterocycles. The molecular weight excluding hydrogens is 431 g/mol. The maximum absolute atomic E-state index is 4.99. The van der Waals surface area contributed by atoms with E-state index in [2.05, 4.69) is 65.2 Å². The summed E-state index contributed by atoms with van der Waals surface area (Å²) in [5.74, 6) is 2.52. The van der Waals surface area contributed by atoms with Crippen molar-refractivity contribution >= 4 is 58.3 Å². The SMILES string of the molecule is CC(C)CN(CC(C)C)C(=S)[S-].CC(C)CN(CC(C)C)C(=S)[S-].[Ni+2]. The van der Waals surface area contributed by atoms with E-state index in [4.69, 9.17) is 49.7 Å². The van der Waals surface area contributed by atoms with Gasteiger partial charge in [-0.2, -0.15) is 0 Å². The third kappa shape index (κ3) is 20.9. The van der Waals surface area contributed by atoms with E-state index in [1.807, 2.05) is 0 Å². The molecule has 0 radical (unpaired) electrons. The molecule has 0 spiro atoms. The fourth-order valence-electron chi connectivity index (χ4n) is 2.21. The Labute approximate surface area is 189 Å². The summed E-state index contributed by atoms with van der Waals surface area (Å²) in [6, 6.07) is 0. The molecule has 0 aromatic heterocycles. The van der Waals surface area contributed by atoms with Crippen LogP contribution in [-0.2, 0) is 41.7 Å². The summed E-state index contributed by atoms with van der Waals surface area (Å²) >= 11 is 20.0. The number of rotatable bonds is 8. The molecule has 2 nitrogen and oxygen atoms in total. The van der Waals surface area contributed by atoms with Crippen molar-refractivity contribution in [1.82, 2.24) is 9.80 Å². The van der Waals surface area contributed by atoms with Gasteiger partial charge in [0.15, 0.2) is 0 Å². The van der Waals surface area contributed by atoms with E-state index in [9.17, 15) is 0 Å². The normalized spacial score (nSPS) is 10.4. The van der Waals surface area contributed by atoms with Gasteiger partial charge in [0.1, 0.15) is 0 Å². The Morgan fingerprint density at radius 1 is 0.600 bits per heavy atom. The first-order chi connectivity index (χ1) is 10.9. The van der Waals surface area contributed by atoms with Gasteiger partial charge in [0.25, 0.3) is 0 Å². The van der Waals surface area contributed by atoms with Crippen LogP contribution in [0.4, 0.5) is 0 Å². The van der Waals surface area contributed by atoms with Crippen molar-refractivity contribution < 1.29 is 16.5 Å². The number of hydrogen-bond donors (Lipinski definition) is 0. The van der Waals surface area contributed by atoms with Crippen molar-refractivity contribution in [2.24, 2.45) is 23.7 Å². The minimum Gasteiger partial charge on any atom is -0.411 e. The number of thiocarbonyl (C=S) groups is 2. The van der Waals surface area contributed by atoms with Crippen LogP contribution in [0, 0.1) is 23.7 Å². The molecule has 0 saturated carbocycles. The molecule has 0 bridgehead atoms. The third-order valence-corrected chi connectivity index (χ3v) is 3.89. The van der Waals surface area contributed by atoms with Gasteiger partial charge in [-0.15, -0.1) is 0 Å². The van der Waals surface area contributed by atoms with Gasteiger partial charge >= 0.3 is 16.5 Å². The minimum atomic E-state index is 0. The quantitative estimate of drug-likeness (QED) is 0.284. The maximum Gasteiger partial charge on any atom is 2.00 e. The molecule has 0 aromatic rings. The summed E-state index contributed by atoms with van der Waals surface area (Å²) in [7, 11) is 0. The molecule has 152 valence electrons. The van der Waals surface area contributed by atoms with Crippen LogP contribution in [0.25, 0.3) is 0 Å². The van der Waals surface area contributed by atoms with E-state index in [-0.39, 0.29) is 16.5 Å². The molecule has 0 aromatic carbocycles. The second kappa shape index (κ2) is 16.9. The van der Waals surface area contributed by atoms with Crippen LogP contribution >= 0.6 is 24.4 Å². The molecule has 0 aliphatic rings. The van der Waals surface area contributed by atoms with Crippen molar-refractivity contribution in [3.05, 3.63) is 0 Å². The average Bonchev–Trinajstić information content (AvgIpc) is 2.35. The topological polar surface area (TPSA) is 6.48 Å². The van der Waals surface area contributed by atoms with Crippen molar-refractivity contribution in [1.29, 1.82) is 0 Å². The minimum absolute atomic E-state index is 0. The van der Waals surface area contributed by atoms with E-state index in [0.717, 1.165) is 26.2 Å². The predicted molar refractivity (Wildman–Crippen MR) is 122 cm³/mol. The molecule has 0 aliphatic carbocycles. The second-order valence-corrected chi connectivity index (χ2v) is 9.98. The standard InChI is InChI=1S/2C9H19NS2.Ni/c2*1-7(2)5-10(9(11)12)6-8(3)4;/h2*7-8H,5-6H2,1-4H3,(H,11,12);/q;;+2/p-2. The van der Waals surface area contributed by atoms with E-state index >= 15 is 0 Å². The largest absolute Gasteiger partial charge is 2.00 e. The Morgan fingerprint density at radius 3 is 0.840 bits per heavy atom. The monoisotopic (exact) mass is 466 g/mol. The van der Waals surface area contributed by atoms with E-state index in [1.165, 1.54) is 0 Å². The number of nitrogens with zero attached hydrogens (tertiary/aromatic N) is 2. The van der Waals surface area contributed by atoms with E-state index < -0.39 is 0 Å². The zero-order valence-corrected chi connectivity index (χ0v) is 21.2. The van der Waals surface area contributed by atoms with Gasteiger partial charge in [-0.1, -0.05) is 64.0 Å². The van der Waals surface area contributed by atoms with Gasteiger partial charge in [0.2, 0.25) is 0 Å². The third-order valence-electron chi connectivity index (χ3n) is 2.86. The predicted octanol–water partition coefficient (Wildman–Crippen LogP) is 4.86. The first-order valence-electron chi connectivity index (χ1n) is 8.78. The Hall–Kier alpha value is 0.714. The zero-order chi connectivity index (χ0) is 19.4. The molecule has 0 fully saturated rings. The van der Waals surface area contributed by atoms with Crippen molar-refractivity contribution in [3.63, 3.8) is 0 Å². The van der Waals surface area contributed by atoms with Crippen LogP contribution in [0.1, 0.15) is 55.4 Å². The Morgan fingerprint density at radius 2 is 0.760 bits per heavy atom. The molecule has 25 heavy (non-hydrogen) atoms. The first kappa shape index (κ1) is 30.4. The molecule has 7 heteroatoms. The van der Waals surface area contributed by atoms with Crippen molar-refractivity contribution in [2.45, 2.75) is 55.4 Å². The molecular formula is C18H36N2NiS4. The van der Waals surface area contributed by atoms with Gasteiger partial charge in [0.05, 0.1) is 0 Å². The molecule has 0 amide bonds. The van der Waals surface area contributed by atoms with Crippen molar-refractivity contribution in [2.75, 3.05) is 26.2 Å². The van der Waals surface area contributed by atoms with E-state index in [0.29, 0.717) is 32.3 Å². The Balaban J connectivity index is -0.000000372. The van der Waals surface area contributed by atoms with Crippen LogP contribution in [0.2, 0.25) is 0 Å². The summed E-state index contributed by atoms with van der Waals surface area (Å²) < 4.78 is 1.22. The Kier molecular flexibility index (Phi) is 20.5. The maximum atomic E-state index is 4.99. The molecule has 0 aliphatic heterocycles. The second-order valence-electron chi connectivity index (χ2n) is 7.92. The average molecular weight is 467 g/mol. The molecule has 0 rings (SSSR count). The molecule has 0 atom stereocenters. The Bertz CT molecular complexity index is 307. The molecule has 0 N–H and O–H groups in total. The van der Waals surface area contributed by atoms with Crippen LogP contribution in [0.5, 0.6) is 0 Å². The van der Waals surface area contributed by atoms with Crippen LogP contribution in [-0.4, -0.2) is 44.6 Å². The molecule has 0 heterocycles.